The number of benzene rings is 2. The summed E-state index contributed by atoms with van der Waals surface area (Å²) in [5, 5.41) is 11.1. The van der Waals surface area contributed by atoms with E-state index in [2.05, 4.69) is 12.1 Å². The van der Waals surface area contributed by atoms with Crippen LogP contribution < -0.4 is 0 Å². The van der Waals surface area contributed by atoms with Crippen LogP contribution in [0.1, 0.15) is 40.7 Å². The maximum Gasteiger partial charge on any atom is 0.276 e. The third kappa shape index (κ3) is 4.51. The largest absolute Gasteiger partial charge is 0.339 e. The second-order valence-electron chi connectivity index (χ2n) is 7.12. The van der Waals surface area contributed by atoms with Crippen LogP contribution in [0.5, 0.6) is 0 Å². The van der Waals surface area contributed by atoms with Gasteiger partial charge in [0.1, 0.15) is 5.82 Å². The normalized spacial score (nSPS) is 15.0. The number of nitrogens with zero attached hydrogens (tertiary/aromatic N) is 2. The quantitative estimate of drug-likeness (QED) is 0.574. The van der Waals surface area contributed by atoms with Crippen molar-refractivity contribution in [1.82, 2.24) is 4.90 Å². The van der Waals surface area contributed by atoms with E-state index in [1.54, 1.807) is 4.90 Å². The fourth-order valence-electron chi connectivity index (χ4n) is 3.60. The van der Waals surface area contributed by atoms with Crippen molar-refractivity contribution < 1.29 is 14.1 Å². The van der Waals surface area contributed by atoms with Gasteiger partial charge in [-0.3, -0.25) is 14.9 Å². The molecule has 27 heavy (non-hydrogen) atoms. The molecule has 1 amide bonds. The Hall–Kier alpha value is -2.76. The van der Waals surface area contributed by atoms with Crippen LogP contribution in [0, 0.1) is 28.8 Å². The number of nitro benzene ring substituents is 1. The highest BCUT2D eigenvalue weighted by Gasteiger charge is 2.26. The van der Waals surface area contributed by atoms with Crippen molar-refractivity contribution in [2.45, 2.75) is 32.6 Å². The van der Waals surface area contributed by atoms with Gasteiger partial charge in [0.05, 0.1) is 10.5 Å². The zero-order chi connectivity index (χ0) is 19.4. The molecule has 0 aliphatic carbocycles. The molecule has 3 rings (SSSR count). The monoisotopic (exact) mass is 370 g/mol. The van der Waals surface area contributed by atoms with Gasteiger partial charge in [0, 0.05) is 24.7 Å². The Morgan fingerprint density at radius 1 is 1.22 bits per heavy atom. The molecule has 1 heterocycles. The molecular weight excluding hydrogens is 347 g/mol. The van der Waals surface area contributed by atoms with Crippen molar-refractivity contribution in [3.63, 3.8) is 0 Å². The van der Waals surface area contributed by atoms with Crippen molar-refractivity contribution in [2.24, 2.45) is 5.92 Å². The van der Waals surface area contributed by atoms with Gasteiger partial charge in [-0.25, -0.2) is 4.39 Å². The SMILES string of the molecule is Cc1c(F)cc(C(=O)N2CCC(CCc3ccccc3)CC2)cc1[N+](=O)[O-]. The first-order valence-electron chi connectivity index (χ1n) is 9.23. The minimum absolute atomic E-state index is 0.0452. The molecule has 2 aromatic carbocycles. The second kappa shape index (κ2) is 8.29. The lowest BCUT2D eigenvalue weighted by Gasteiger charge is -2.32. The van der Waals surface area contributed by atoms with Gasteiger partial charge in [0.15, 0.2) is 0 Å². The van der Waals surface area contributed by atoms with Crippen LogP contribution in [0.2, 0.25) is 0 Å². The maximum absolute atomic E-state index is 14.0. The van der Waals surface area contributed by atoms with E-state index in [9.17, 15) is 19.3 Å². The molecule has 6 heteroatoms. The number of likely N-dealkylation sites (tertiary alicyclic amines) is 1. The van der Waals surface area contributed by atoms with Crippen molar-refractivity contribution in [3.8, 4) is 0 Å². The summed E-state index contributed by atoms with van der Waals surface area (Å²) in [6.45, 7) is 2.54. The number of carbonyl (C=O) groups is 1. The molecule has 0 unspecified atom stereocenters. The number of rotatable bonds is 5. The average Bonchev–Trinajstić information content (AvgIpc) is 2.68. The number of halogens is 1. The fourth-order valence-corrected chi connectivity index (χ4v) is 3.60. The van der Waals surface area contributed by atoms with Gasteiger partial charge in [-0.2, -0.15) is 0 Å². The third-order valence-electron chi connectivity index (χ3n) is 5.35. The smallest absolute Gasteiger partial charge is 0.276 e. The Balaban J connectivity index is 1.59. The fraction of sp³-hybridized carbons (Fsp3) is 0.381. The van der Waals surface area contributed by atoms with E-state index in [0.717, 1.165) is 31.7 Å². The first-order chi connectivity index (χ1) is 13.0. The van der Waals surface area contributed by atoms with E-state index in [4.69, 9.17) is 0 Å². The molecule has 1 aliphatic heterocycles. The zero-order valence-electron chi connectivity index (χ0n) is 15.4. The summed E-state index contributed by atoms with van der Waals surface area (Å²) in [6.07, 6.45) is 3.90. The number of hydrogen-bond donors (Lipinski definition) is 0. The lowest BCUT2D eigenvalue weighted by atomic mass is 9.90. The molecule has 5 nitrogen and oxygen atoms in total. The number of aryl methyl sites for hydroxylation is 1. The van der Waals surface area contributed by atoms with Crippen molar-refractivity contribution in [2.75, 3.05) is 13.1 Å². The summed E-state index contributed by atoms with van der Waals surface area (Å²) in [6, 6.07) is 12.6. The number of carbonyl (C=O) groups excluding carboxylic acids is 1. The Labute approximate surface area is 158 Å². The maximum atomic E-state index is 14.0. The molecule has 2 aromatic rings. The number of nitro groups is 1. The molecule has 0 radical (unpaired) electrons. The van der Waals surface area contributed by atoms with Crippen LogP contribution in [-0.2, 0) is 6.42 Å². The van der Waals surface area contributed by atoms with Gasteiger partial charge in [0.25, 0.3) is 11.6 Å². The summed E-state index contributed by atoms with van der Waals surface area (Å²) in [5.74, 6) is -0.498. The van der Waals surface area contributed by atoms with E-state index in [1.807, 2.05) is 18.2 Å². The lowest BCUT2D eigenvalue weighted by Crippen LogP contribution is -2.38. The Morgan fingerprint density at radius 3 is 2.52 bits per heavy atom. The van der Waals surface area contributed by atoms with Crippen molar-refractivity contribution in [1.29, 1.82) is 0 Å². The summed E-state index contributed by atoms with van der Waals surface area (Å²) < 4.78 is 14.0. The number of piperidine rings is 1. The van der Waals surface area contributed by atoms with Gasteiger partial charge < -0.3 is 4.90 Å². The topological polar surface area (TPSA) is 63.5 Å². The van der Waals surface area contributed by atoms with Crippen molar-refractivity contribution in [3.05, 3.63) is 75.1 Å². The first-order valence-corrected chi connectivity index (χ1v) is 9.23. The Kier molecular flexibility index (Phi) is 5.84. The van der Waals surface area contributed by atoms with Gasteiger partial charge in [-0.05, 0) is 50.2 Å². The van der Waals surface area contributed by atoms with Crippen LogP contribution >= 0.6 is 0 Å². The molecule has 0 spiro atoms. The van der Waals surface area contributed by atoms with Crippen molar-refractivity contribution >= 4 is 11.6 Å². The van der Waals surface area contributed by atoms with Crippen LogP contribution in [-0.4, -0.2) is 28.8 Å². The van der Waals surface area contributed by atoms with Gasteiger partial charge in [0.2, 0.25) is 0 Å². The van der Waals surface area contributed by atoms with Crippen LogP contribution in [0.25, 0.3) is 0 Å². The molecular formula is C21H23FN2O3. The average molecular weight is 370 g/mol. The molecule has 1 saturated heterocycles. The predicted molar refractivity (Wildman–Crippen MR) is 101 cm³/mol. The summed E-state index contributed by atoms with van der Waals surface area (Å²) in [7, 11) is 0. The number of hydrogen-bond acceptors (Lipinski definition) is 3. The standard InChI is InChI=1S/C21H23FN2O3/c1-15-19(22)13-18(14-20(15)24(26)27)21(25)23-11-9-17(10-12-23)8-7-16-5-3-2-4-6-16/h2-6,13-14,17H,7-12H2,1H3. The molecule has 0 bridgehead atoms. The van der Waals surface area contributed by atoms with E-state index in [-0.39, 0.29) is 22.7 Å². The first kappa shape index (κ1) is 19.0. The van der Waals surface area contributed by atoms with Crippen LogP contribution in [0.4, 0.5) is 10.1 Å². The Bertz CT molecular complexity index is 831. The minimum Gasteiger partial charge on any atom is -0.339 e. The minimum atomic E-state index is -0.717. The van der Waals surface area contributed by atoms with E-state index in [0.29, 0.717) is 19.0 Å². The van der Waals surface area contributed by atoms with E-state index >= 15 is 0 Å². The van der Waals surface area contributed by atoms with Crippen LogP contribution in [0.15, 0.2) is 42.5 Å². The molecule has 1 fully saturated rings. The number of amides is 1. The molecule has 0 aromatic heterocycles. The highest BCUT2D eigenvalue weighted by molar-refractivity contribution is 5.95. The Morgan fingerprint density at radius 2 is 1.89 bits per heavy atom. The highest BCUT2D eigenvalue weighted by Crippen LogP contribution is 2.26. The molecule has 0 N–H and O–H groups in total. The molecule has 0 atom stereocenters. The molecule has 142 valence electrons. The van der Waals surface area contributed by atoms with Gasteiger partial charge >= 0.3 is 0 Å². The molecule has 1 aliphatic rings. The van der Waals surface area contributed by atoms with E-state index < -0.39 is 10.7 Å². The van der Waals surface area contributed by atoms with Crippen LogP contribution in [0.3, 0.4) is 0 Å². The summed E-state index contributed by atoms with van der Waals surface area (Å²) >= 11 is 0. The lowest BCUT2D eigenvalue weighted by molar-refractivity contribution is -0.385. The summed E-state index contributed by atoms with van der Waals surface area (Å²) in [5.41, 5.74) is 0.971. The van der Waals surface area contributed by atoms with Gasteiger partial charge in [-0.15, -0.1) is 0 Å². The highest BCUT2D eigenvalue weighted by atomic mass is 19.1. The predicted octanol–water partition coefficient (Wildman–Crippen LogP) is 4.53. The zero-order valence-corrected chi connectivity index (χ0v) is 15.4. The third-order valence-corrected chi connectivity index (χ3v) is 5.35. The van der Waals surface area contributed by atoms with E-state index in [1.165, 1.54) is 18.6 Å². The summed E-state index contributed by atoms with van der Waals surface area (Å²) in [4.78, 5) is 24.8. The molecule has 0 saturated carbocycles. The second-order valence-corrected chi connectivity index (χ2v) is 7.12. The van der Waals surface area contributed by atoms with Gasteiger partial charge in [-0.1, -0.05) is 30.3 Å².